The molecule has 0 saturated carbocycles. The van der Waals surface area contributed by atoms with E-state index in [0.29, 0.717) is 18.1 Å². The summed E-state index contributed by atoms with van der Waals surface area (Å²) in [6.07, 6.45) is -2.54. The molecule has 25 heavy (non-hydrogen) atoms. The predicted octanol–water partition coefficient (Wildman–Crippen LogP) is 2.98. The van der Waals surface area contributed by atoms with Crippen molar-refractivity contribution in [2.45, 2.75) is 39.1 Å². The maximum atomic E-state index is 12.5. The smallest absolute Gasteiger partial charge is 0.419 e. The van der Waals surface area contributed by atoms with Crippen molar-refractivity contribution in [2.75, 3.05) is 0 Å². The molecular formula is C15H16F3N5O2. The van der Waals surface area contributed by atoms with E-state index >= 15 is 0 Å². The molecule has 1 N–H and O–H groups in total. The lowest BCUT2D eigenvalue weighted by molar-refractivity contribution is -0.138. The van der Waals surface area contributed by atoms with Crippen LogP contribution >= 0.6 is 0 Å². The van der Waals surface area contributed by atoms with Crippen LogP contribution in [0.5, 0.6) is 0 Å². The summed E-state index contributed by atoms with van der Waals surface area (Å²) < 4.78 is 42.7. The highest BCUT2D eigenvalue weighted by Gasteiger charge is 2.31. The Morgan fingerprint density at radius 3 is 2.32 bits per heavy atom. The van der Waals surface area contributed by atoms with Gasteiger partial charge in [-0.1, -0.05) is 0 Å². The normalized spacial score (nSPS) is 11.9. The van der Waals surface area contributed by atoms with Crippen LogP contribution in [-0.4, -0.2) is 31.6 Å². The number of ether oxygens (including phenoxy) is 1. The molecule has 7 nitrogen and oxygen atoms in total. The van der Waals surface area contributed by atoms with Gasteiger partial charge >= 0.3 is 12.3 Å². The van der Waals surface area contributed by atoms with Crippen LogP contribution in [0.2, 0.25) is 0 Å². The third kappa shape index (κ3) is 5.66. The summed E-state index contributed by atoms with van der Waals surface area (Å²) in [5.41, 5.74) is -0.907. The van der Waals surface area contributed by atoms with Crippen LogP contribution in [0.3, 0.4) is 0 Å². The van der Waals surface area contributed by atoms with Crippen LogP contribution in [0.1, 0.15) is 32.0 Å². The largest absolute Gasteiger partial charge is 0.444 e. The molecule has 0 aliphatic rings. The standard InChI is InChI=1S/C15H16F3N5O2/c1-14(2,3)25-13(24)21-7-10-4-11(23-8-22-10)12-19-5-9(6-20-12)15(16,17)18/h4-6,8H,7H2,1-3H3,(H,21,24). The van der Waals surface area contributed by atoms with Gasteiger partial charge in [-0.2, -0.15) is 13.2 Å². The van der Waals surface area contributed by atoms with Gasteiger partial charge in [0.2, 0.25) is 0 Å². The second-order valence-corrected chi connectivity index (χ2v) is 6.04. The molecule has 2 heterocycles. The van der Waals surface area contributed by atoms with Crippen molar-refractivity contribution in [3.63, 3.8) is 0 Å². The molecule has 2 aromatic heterocycles. The van der Waals surface area contributed by atoms with E-state index in [4.69, 9.17) is 4.74 Å². The molecule has 2 rings (SSSR count). The van der Waals surface area contributed by atoms with Gasteiger partial charge < -0.3 is 10.1 Å². The summed E-state index contributed by atoms with van der Waals surface area (Å²) in [7, 11) is 0. The number of amides is 1. The Hall–Kier alpha value is -2.78. The second kappa shape index (κ2) is 6.99. The highest BCUT2D eigenvalue weighted by molar-refractivity contribution is 5.67. The SMILES string of the molecule is CC(C)(C)OC(=O)NCc1cc(-c2ncc(C(F)(F)F)cn2)ncn1. The van der Waals surface area contributed by atoms with E-state index in [0.717, 1.165) is 0 Å². The highest BCUT2D eigenvalue weighted by atomic mass is 19.4. The molecule has 0 atom stereocenters. The first-order chi connectivity index (χ1) is 11.5. The van der Waals surface area contributed by atoms with E-state index in [2.05, 4.69) is 25.3 Å². The molecule has 134 valence electrons. The van der Waals surface area contributed by atoms with Crippen LogP contribution in [0, 0.1) is 0 Å². The summed E-state index contributed by atoms with van der Waals surface area (Å²) in [6.45, 7) is 5.26. The molecule has 10 heteroatoms. The summed E-state index contributed by atoms with van der Waals surface area (Å²) in [4.78, 5) is 26.8. The average molecular weight is 355 g/mol. The lowest BCUT2D eigenvalue weighted by atomic mass is 10.2. The van der Waals surface area contributed by atoms with Gasteiger partial charge in [-0.05, 0) is 26.8 Å². The number of hydrogen-bond donors (Lipinski definition) is 1. The van der Waals surface area contributed by atoms with Crippen LogP contribution in [-0.2, 0) is 17.5 Å². The Morgan fingerprint density at radius 2 is 1.76 bits per heavy atom. The highest BCUT2D eigenvalue weighted by Crippen LogP contribution is 2.28. The molecule has 0 spiro atoms. The van der Waals surface area contributed by atoms with E-state index in [9.17, 15) is 18.0 Å². The molecule has 0 bridgehead atoms. The van der Waals surface area contributed by atoms with Gasteiger partial charge in [0.05, 0.1) is 17.8 Å². The maximum absolute atomic E-state index is 12.5. The third-order valence-electron chi connectivity index (χ3n) is 2.74. The average Bonchev–Trinajstić information content (AvgIpc) is 2.51. The number of alkyl carbamates (subject to hydrolysis) is 1. The Balaban J connectivity index is 2.07. The van der Waals surface area contributed by atoms with Crippen molar-refractivity contribution in [1.82, 2.24) is 25.3 Å². The van der Waals surface area contributed by atoms with E-state index in [1.54, 1.807) is 20.8 Å². The van der Waals surface area contributed by atoms with Crippen molar-refractivity contribution < 1.29 is 22.7 Å². The number of carbonyl (C=O) groups excluding carboxylic acids is 1. The molecular weight excluding hydrogens is 339 g/mol. The third-order valence-corrected chi connectivity index (χ3v) is 2.74. The first-order valence-electron chi connectivity index (χ1n) is 7.22. The number of nitrogens with one attached hydrogen (secondary N) is 1. The van der Waals surface area contributed by atoms with Crippen LogP contribution < -0.4 is 5.32 Å². The molecule has 0 aromatic carbocycles. The van der Waals surface area contributed by atoms with Gasteiger partial charge in [0.15, 0.2) is 5.82 Å². The number of nitrogens with zero attached hydrogens (tertiary/aromatic N) is 4. The molecule has 2 aromatic rings. The molecule has 0 aliphatic carbocycles. The van der Waals surface area contributed by atoms with Gasteiger partial charge in [0, 0.05) is 12.4 Å². The van der Waals surface area contributed by atoms with Crippen molar-refractivity contribution in [3.8, 4) is 11.5 Å². The van der Waals surface area contributed by atoms with Crippen molar-refractivity contribution in [3.05, 3.63) is 36.0 Å². The molecule has 0 unspecified atom stereocenters. The molecule has 0 aliphatic heterocycles. The van der Waals surface area contributed by atoms with Crippen molar-refractivity contribution >= 4 is 6.09 Å². The van der Waals surface area contributed by atoms with Crippen LogP contribution in [0.25, 0.3) is 11.5 Å². The number of rotatable bonds is 3. The number of halogens is 3. The molecule has 0 fully saturated rings. The predicted molar refractivity (Wildman–Crippen MR) is 81.1 cm³/mol. The molecule has 0 saturated heterocycles. The lowest BCUT2D eigenvalue weighted by Crippen LogP contribution is -2.32. The van der Waals surface area contributed by atoms with Gasteiger partial charge in [-0.3, -0.25) is 0 Å². The van der Waals surface area contributed by atoms with Crippen molar-refractivity contribution in [2.24, 2.45) is 0 Å². The zero-order valence-electron chi connectivity index (χ0n) is 13.8. The van der Waals surface area contributed by atoms with E-state index in [1.807, 2.05) is 0 Å². The second-order valence-electron chi connectivity index (χ2n) is 6.04. The zero-order valence-corrected chi connectivity index (χ0v) is 13.8. The van der Waals surface area contributed by atoms with E-state index in [-0.39, 0.29) is 18.1 Å². The van der Waals surface area contributed by atoms with Crippen LogP contribution in [0.15, 0.2) is 24.8 Å². The summed E-state index contributed by atoms with van der Waals surface area (Å²) in [6, 6.07) is 1.47. The Morgan fingerprint density at radius 1 is 1.12 bits per heavy atom. The first kappa shape index (κ1) is 18.6. The minimum atomic E-state index is -4.51. The Bertz CT molecular complexity index is 742. The summed E-state index contributed by atoms with van der Waals surface area (Å²) >= 11 is 0. The van der Waals surface area contributed by atoms with Crippen molar-refractivity contribution in [1.29, 1.82) is 0 Å². The fraction of sp³-hybridized carbons (Fsp3) is 0.400. The fourth-order valence-electron chi connectivity index (χ4n) is 1.70. The fourth-order valence-corrected chi connectivity index (χ4v) is 1.70. The molecule has 1 amide bonds. The minimum absolute atomic E-state index is 0.0221. The van der Waals surface area contributed by atoms with E-state index < -0.39 is 23.4 Å². The van der Waals surface area contributed by atoms with E-state index in [1.165, 1.54) is 12.4 Å². The van der Waals surface area contributed by atoms with Gasteiger partial charge in [-0.15, -0.1) is 0 Å². The minimum Gasteiger partial charge on any atom is -0.444 e. The first-order valence-corrected chi connectivity index (χ1v) is 7.22. The number of aromatic nitrogens is 4. The number of alkyl halides is 3. The molecule has 0 radical (unpaired) electrons. The Labute approximate surface area is 141 Å². The van der Waals surface area contributed by atoms with Gasteiger partial charge in [0.25, 0.3) is 0 Å². The summed E-state index contributed by atoms with van der Waals surface area (Å²) in [5.74, 6) is 0.0221. The Kier molecular flexibility index (Phi) is 5.19. The number of hydrogen-bond acceptors (Lipinski definition) is 6. The maximum Gasteiger partial charge on any atom is 0.419 e. The van der Waals surface area contributed by atoms with Crippen LogP contribution in [0.4, 0.5) is 18.0 Å². The monoisotopic (exact) mass is 355 g/mol. The zero-order chi connectivity index (χ0) is 18.7. The van der Waals surface area contributed by atoms with Gasteiger partial charge in [-0.25, -0.2) is 24.7 Å². The summed E-state index contributed by atoms with van der Waals surface area (Å²) in [5, 5.41) is 2.52. The van der Waals surface area contributed by atoms with Gasteiger partial charge in [0.1, 0.15) is 17.6 Å². The lowest BCUT2D eigenvalue weighted by Gasteiger charge is -2.19. The number of carbonyl (C=O) groups is 1. The topological polar surface area (TPSA) is 89.9 Å². The quantitative estimate of drug-likeness (QED) is 0.910.